The molecule has 1 aliphatic carbocycles. The van der Waals surface area contributed by atoms with Gasteiger partial charge >= 0.3 is 24.3 Å². The highest BCUT2D eigenvalue weighted by Gasteiger charge is 2.39. The van der Waals surface area contributed by atoms with Gasteiger partial charge in [0.2, 0.25) is 5.82 Å². The lowest BCUT2D eigenvalue weighted by atomic mass is 9.90. The number of alkyl halides is 6. The Labute approximate surface area is 264 Å². The Hall–Kier alpha value is -5.16. The Bertz CT molecular complexity index is 1540. The Morgan fingerprint density at radius 2 is 1.47 bits per heavy atom. The van der Waals surface area contributed by atoms with E-state index in [1.165, 1.54) is 0 Å². The third-order valence-corrected chi connectivity index (χ3v) is 6.55. The average Bonchev–Trinajstić information content (AvgIpc) is 2.98. The molecular formula is C29H33F6N7O5. The molecule has 8 N–H and O–H groups in total. The molecule has 0 saturated heterocycles. The van der Waals surface area contributed by atoms with Gasteiger partial charge in [0, 0.05) is 5.39 Å². The van der Waals surface area contributed by atoms with Gasteiger partial charge in [0.15, 0.2) is 5.96 Å². The van der Waals surface area contributed by atoms with Crippen molar-refractivity contribution in [2.75, 3.05) is 5.32 Å². The first-order chi connectivity index (χ1) is 21.8. The maximum Gasteiger partial charge on any atom is 0.490 e. The molecular weight excluding hydrogens is 640 g/mol. The van der Waals surface area contributed by atoms with E-state index in [4.69, 9.17) is 31.3 Å². The van der Waals surface area contributed by atoms with Crippen LogP contribution in [-0.2, 0) is 9.59 Å². The van der Waals surface area contributed by atoms with Crippen molar-refractivity contribution in [3.05, 3.63) is 65.5 Å². The van der Waals surface area contributed by atoms with E-state index in [0.29, 0.717) is 11.3 Å². The molecule has 4 rings (SSSR count). The number of carboxylic acids is 2. The molecule has 1 fully saturated rings. The number of hydrogen-bond donors (Lipinski definition) is 6. The van der Waals surface area contributed by atoms with E-state index in [1.54, 1.807) is 0 Å². The molecule has 0 aliphatic heterocycles. The summed E-state index contributed by atoms with van der Waals surface area (Å²) in [7, 11) is 0. The van der Waals surface area contributed by atoms with Gasteiger partial charge in [0.1, 0.15) is 5.82 Å². The number of hydrogen-bond acceptors (Lipinski definition) is 7. The third kappa shape index (κ3) is 12.3. The van der Waals surface area contributed by atoms with Crippen LogP contribution >= 0.6 is 0 Å². The highest BCUT2D eigenvalue weighted by molar-refractivity contribution is 5.97. The minimum atomic E-state index is -5.08. The van der Waals surface area contributed by atoms with E-state index in [2.05, 4.69) is 25.6 Å². The quantitative estimate of drug-likeness (QED) is 0.121. The standard InChI is InChI=1S/C25H31N7O.2C2HF3O2/c1-15-12-13-19-18(14-15)22(30-20-10-6-7-11-21(20)31-25(26)27)32-23(29-19)24(33)28-16(2)17-8-4-3-5-9-17;2*3-2(4,5)1(6)7/h3-5,8-9,12-14,16,20-21H,6-7,10-11H2,1-2H3,(H,28,33)(H4,26,27,31)(H,29,30,32);2*(H,6,7)/t16-,20?,21?;;/m1../s1. The fourth-order valence-electron chi connectivity index (χ4n) is 4.34. The topological polar surface area (TPSA) is 206 Å². The van der Waals surface area contributed by atoms with Gasteiger partial charge in [-0.1, -0.05) is 54.8 Å². The zero-order valence-electron chi connectivity index (χ0n) is 25.1. The summed E-state index contributed by atoms with van der Waals surface area (Å²) in [5.41, 5.74) is 14.2. The number of aliphatic carboxylic acids is 2. The average molecular weight is 674 g/mol. The van der Waals surface area contributed by atoms with Gasteiger partial charge in [-0.05, 0) is 44.4 Å². The molecule has 1 amide bonds. The lowest BCUT2D eigenvalue weighted by Gasteiger charge is -2.30. The Morgan fingerprint density at radius 1 is 0.915 bits per heavy atom. The van der Waals surface area contributed by atoms with E-state index in [1.807, 2.05) is 62.4 Å². The van der Waals surface area contributed by atoms with Crippen LogP contribution in [0.15, 0.2) is 53.5 Å². The number of nitrogens with one attached hydrogen (secondary N) is 2. The van der Waals surface area contributed by atoms with Crippen LogP contribution in [0.3, 0.4) is 0 Å². The van der Waals surface area contributed by atoms with E-state index in [0.717, 1.165) is 42.2 Å². The van der Waals surface area contributed by atoms with Crippen LogP contribution in [0, 0.1) is 6.92 Å². The monoisotopic (exact) mass is 673 g/mol. The molecule has 0 radical (unpaired) electrons. The molecule has 256 valence electrons. The highest BCUT2D eigenvalue weighted by atomic mass is 19.4. The fraction of sp³-hybridized carbons (Fsp3) is 0.379. The summed E-state index contributed by atoms with van der Waals surface area (Å²) in [6.45, 7) is 3.97. The summed E-state index contributed by atoms with van der Waals surface area (Å²) < 4.78 is 63.5. The SMILES string of the molecule is Cc1ccc2nc(C(=O)N[C@H](C)c3ccccc3)nc(NC3CCCCC3N=C(N)N)c2c1.O=C(O)C(F)(F)F.O=C(O)C(F)(F)F. The van der Waals surface area contributed by atoms with Gasteiger partial charge in [-0.3, -0.25) is 4.79 Å². The Balaban J connectivity index is 0.000000459. The number of anilines is 1. The predicted octanol–water partition coefficient (Wildman–Crippen LogP) is 4.69. The van der Waals surface area contributed by atoms with Crippen LogP contribution in [0.4, 0.5) is 32.2 Å². The normalized spacial score (nSPS) is 16.7. The van der Waals surface area contributed by atoms with E-state index < -0.39 is 24.3 Å². The first kappa shape index (κ1) is 38.0. The van der Waals surface area contributed by atoms with Gasteiger partial charge < -0.3 is 32.3 Å². The number of nitrogens with two attached hydrogens (primary N) is 2. The number of guanidine groups is 1. The van der Waals surface area contributed by atoms with Crippen molar-refractivity contribution in [3.8, 4) is 0 Å². The smallest absolute Gasteiger partial charge is 0.475 e. The summed E-state index contributed by atoms with van der Waals surface area (Å²) in [5.74, 6) is -4.98. The molecule has 2 unspecified atom stereocenters. The second kappa shape index (κ2) is 16.4. The lowest BCUT2D eigenvalue weighted by Crippen LogP contribution is -2.38. The van der Waals surface area contributed by atoms with Gasteiger partial charge in [0.25, 0.3) is 5.91 Å². The molecule has 0 bridgehead atoms. The van der Waals surface area contributed by atoms with Crippen molar-refractivity contribution in [3.63, 3.8) is 0 Å². The molecule has 1 aromatic heterocycles. The number of benzene rings is 2. The summed E-state index contributed by atoms with van der Waals surface area (Å²) in [5, 5.41) is 21.7. The number of fused-ring (bicyclic) bond motifs is 1. The summed E-state index contributed by atoms with van der Waals surface area (Å²) >= 11 is 0. The Morgan fingerprint density at radius 3 is 2.00 bits per heavy atom. The van der Waals surface area contributed by atoms with Gasteiger partial charge in [-0.2, -0.15) is 26.3 Å². The zero-order chi connectivity index (χ0) is 35.5. The lowest BCUT2D eigenvalue weighted by molar-refractivity contribution is -0.193. The first-order valence-electron chi connectivity index (χ1n) is 13.9. The number of aromatic nitrogens is 2. The summed E-state index contributed by atoms with van der Waals surface area (Å²) in [4.78, 5) is 44.5. The molecule has 1 aliphatic rings. The summed E-state index contributed by atoms with van der Waals surface area (Å²) in [6.07, 6.45) is -6.18. The summed E-state index contributed by atoms with van der Waals surface area (Å²) in [6, 6.07) is 15.6. The molecule has 3 aromatic rings. The highest BCUT2D eigenvalue weighted by Crippen LogP contribution is 2.28. The van der Waals surface area contributed by atoms with Crippen molar-refractivity contribution in [2.45, 2.75) is 70.0 Å². The van der Waals surface area contributed by atoms with Gasteiger partial charge in [-0.15, -0.1) is 0 Å². The molecule has 12 nitrogen and oxygen atoms in total. The van der Waals surface area contributed by atoms with E-state index in [-0.39, 0.29) is 35.8 Å². The van der Waals surface area contributed by atoms with Crippen LogP contribution in [-0.4, -0.2) is 68.4 Å². The second-order valence-corrected chi connectivity index (χ2v) is 10.3. The van der Waals surface area contributed by atoms with Crippen molar-refractivity contribution in [2.24, 2.45) is 16.5 Å². The zero-order valence-corrected chi connectivity index (χ0v) is 25.1. The second-order valence-electron chi connectivity index (χ2n) is 10.3. The van der Waals surface area contributed by atoms with Gasteiger partial charge in [-0.25, -0.2) is 24.5 Å². The number of carbonyl (C=O) groups is 3. The molecule has 1 saturated carbocycles. The van der Waals surface area contributed by atoms with E-state index in [9.17, 15) is 31.1 Å². The molecule has 47 heavy (non-hydrogen) atoms. The maximum absolute atomic E-state index is 13.1. The van der Waals surface area contributed by atoms with Crippen LogP contribution in [0.5, 0.6) is 0 Å². The van der Waals surface area contributed by atoms with E-state index >= 15 is 0 Å². The Kier molecular flexibility index (Phi) is 13.3. The number of aliphatic imine (C=N–C) groups is 1. The van der Waals surface area contributed by atoms with Crippen LogP contribution in [0.1, 0.15) is 60.4 Å². The minimum absolute atomic E-state index is 0.0265. The largest absolute Gasteiger partial charge is 0.490 e. The van der Waals surface area contributed by atoms with Crippen molar-refractivity contribution >= 4 is 40.5 Å². The number of carbonyl (C=O) groups excluding carboxylic acids is 1. The number of aryl methyl sites for hydroxylation is 1. The molecule has 2 aromatic carbocycles. The molecule has 3 atom stereocenters. The van der Waals surface area contributed by atoms with Gasteiger partial charge in [0.05, 0.1) is 23.6 Å². The number of halogens is 6. The number of rotatable bonds is 6. The molecule has 0 spiro atoms. The maximum atomic E-state index is 13.1. The fourth-order valence-corrected chi connectivity index (χ4v) is 4.34. The van der Waals surface area contributed by atoms with Crippen molar-refractivity contribution in [1.82, 2.24) is 15.3 Å². The number of nitrogens with zero attached hydrogens (tertiary/aromatic N) is 3. The molecule has 18 heteroatoms. The first-order valence-corrected chi connectivity index (χ1v) is 13.9. The van der Waals surface area contributed by atoms with Crippen LogP contribution in [0.25, 0.3) is 10.9 Å². The third-order valence-electron chi connectivity index (χ3n) is 6.55. The van der Waals surface area contributed by atoms with Crippen LogP contribution < -0.4 is 22.1 Å². The minimum Gasteiger partial charge on any atom is -0.475 e. The molecule has 1 heterocycles. The number of carboxylic acid groups (broad SMARTS) is 2. The predicted molar refractivity (Wildman–Crippen MR) is 159 cm³/mol. The van der Waals surface area contributed by atoms with Crippen molar-refractivity contribution < 1.29 is 50.9 Å². The van der Waals surface area contributed by atoms with Crippen LogP contribution in [0.2, 0.25) is 0 Å². The number of amides is 1. The van der Waals surface area contributed by atoms with Crippen molar-refractivity contribution in [1.29, 1.82) is 0 Å².